The van der Waals surface area contributed by atoms with Crippen molar-refractivity contribution < 1.29 is 8.42 Å². The van der Waals surface area contributed by atoms with Crippen molar-refractivity contribution in [1.29, 1.82) is 0 Å². The van der Waals surface area contributed by atoms with E-state index in [9.17, 15) is 8.42 Å². The average molecular weight is 310 g/mol. The van der Waals surface area contributed by atoms with Crippen LogP contribution in [-0.4, -0.2) is 8.42 Å². The normalized spacial score (nSPS) is 11.3. The molecule has 0 aromatic heterocycles. The Morgan fingerprint density at radius 1 is 1.05 bits per heavy atom. The van der Waals surface area contributed by atoms with Gasteiger partial charge in [0.1, 0.15) is 0 Å². The average Bonchev–Trinajstić information content (AvgIpc) is 2.29. The van der Waals surface area contributed by atoms with Gasteiger partial charge in [0.25, 0.3) is 0 Å². The first-order valence-corrected chi connectivity index (χ1v) is 8.21. The lowest BCUT2D eigenvalue weighted by Crippen LogP contribution is -2.15. The zero-order valence-electron chi connectivity index (χ0n) is 11.4. The summed E-state index contributed by atoms with van der Waals surface area (Å²) in [5.41, 5.74) is 3.20. The largest absolute Gasteiger partial charge is 0.283 e. The van der Waals surface area contributed by atoms with Crippen LogP contribution in [-0.2, 0) is 15.8 Å². The molecule has 0 saturated heterocycles. The highest BCUT2D eigenvalue weighted by molar-refractivity contribution is 7.91. The number of halogens is 1. The summed E-state index contributed by atoms with van der Waals surface area (Å²) in [6, 6.07) is 12.5. The SMILES string of the molecule is Cc1cc(C)cc(NS(=O)(=O)Cc2ccccc2Cl)c1. The van der Waals surface area contributed by atoms with E-state index in [4.69, 9.17) is 11.6 Å². The van der Waals surface area contributed by atoms with Crippen LogP contribution >= 0.6 is 11.6 Å². The molecule has 3 nitrogen and oxygen atoms in total. The Morgan fingerprint density at radius 2 is 1.65 bits per heavy atom. The highest BCUT2D eigenvalue weighted by Gasteiger charge is 2.14. The number of nitrogens with one attached hydrogen (secondary N) is 1. The molecule has 0 saturated carbocycles. The Labute approximate surface area is 124 Å². The van der Waals surface area contributed by atoms with Crippen LogP contribution in [0.15, 0.2) is 42.5 Å². The van der Waals surface area contributed by atoms with E-state index >= 15 is 0 Å². The van der Waals surface area contributed by atoms with Crippen LogP contribution in [0.3, 0.4) is 0 Å². The van der Waals surface area contributed by atoms with Gasteiger partial charge in [-0.1, -0.05) is 35.9 Å². The topological polar surface area (TPSA) is 46.2 Å². The highest BCUT2D eigenvalue weighted by atomic mass is 35.5. The number of hydrogen-bond donors (Lipinski definition) is 1. The van der Waals surface area contributed by atoms with Gasteiger partial charge in [-0.05, 0) is 48.7 Å². The third-order valence-corrected chi connectivity index (χ3v) is 4.40. The second-order valence-corrected chi connectivity index (χ2v) is 6.96. The molecular weight excluding hydrogens is 294 g/mol. The molecule has 0 spiro atoms. The highest BCUT2D eigenvalue weighted by Crippen LogP contribution is 2.20. The summed E-state index contributed by atoms with van der Waals surface area (Å²) in [6.45, 7) is 3.86. The van der Waals surface area contributed by atoms with E-state index in [0.29, 0.717) is 16.3 Å². The third-order valence-electron chi connectivity index (χ3n) is 2.80. The van der Waals surface area contributed by atoms with Crippen molar-refractivity contribution in [2.45, 2.75) is 19.6 Å². The Hall–Kier alpha value is -1.52. The van der Waals surface area contributed by atoms with Gasteiger partial charge in [-0.25, -0.2) is 8.42 Å². The van der Waals surface area contributed by atoms with Gasteiger partial charge in [-0.3, -0.25) is 4.72 Å². The molecule has 0 atom stereocenters. The van der Waals surface area contributed by atoms with Crippen molar-refractivity contribution in [3.05, 3.63) is 64.2 Å². The van der Waals surface area contributed by atoms with Gasteiger partial charge < -0.3 is 0 Å². The molecule has 0 radical (unpaired) electrons. The Bertz CT molecular complexity index is 706. The maximum Gasteiger partial charge on any atom is 0.236 e. The van der Waals surface area contributed by atoms with Crippen LogP contribution in [0.1, 0.15) is 16.7 Å². The van der Waals surface area contributed by atoms with E-state index in [1.165, 1.54) is 0 Å². The minimum atomic E-state index is -3.48. The van der Waals surface area contributed by atoms with Crippen LogP contribution in [0, 0.1) is 13.8 Å². The predicted octanol–water partition coefficient (Wildman–Crippen LogP) is 3.90. The van der Waals surface area contributed by atoms with E-state index in [-0.39, 0.29) is 5.75 Å². The Kier molecular flexibility index (Phi) is 4.35. The summed E-state index contributed by atoms with van der Waals surface area (Å²) in [4.78, 5) is 0. The summed E-state index contributed by atoms with van der Waals surface area (Å²) in [5.74, 6) is -0.139. The monoisotopic (exact) mass is 309 g/mol. The van der Waals surface area contributed by atoms with Gasteiger partial charge in [0, 0.05) is 10.7 Å². The summed E-state index contributed by atoms with van der Waals surface area (Å²) < 4.78 is 26.9. The molecule has 2 aromatic rings. The third kappa shape index (κ3) is 3.99. The predicted molar refractivity (Wildman–Crippen MR) is 83.6 cm³/mol. The maximum absolute atomic E-state index is 12.2. The van der Waals surface area contributed by atoms with E-state index in [0.717, 1.165) is 11.1 Å². The summed E-state index contributed by atoms with van der Waals surface area (Å²) >= 11 is 5.99. The molecule has 0 fully saturated rings. The number of sulfonamides is 1. The first-order chi connectivity index (χ1) is 9.35. The number of aryl methyl sites for hydroxylation is 2. The molecule has 0 aliphatic heterocycles. The molecule has 0 unspecified atom stereocenters. The smallest absolute Gasteiger partial charge is 0.236 e. The van der Waals surface area contributed by atoms with E-state index in [1.807, 2.05) is 19.9 Å². The second kappa shape index (κ2) is 5.85. The van der Waals surface area contributed by atoms with Gasteiger partial charge in [0.2, 0.25) is 10.0 Å². The first-order valence-electron chi connectivity index (χ1n) is 6.18. The maximum atomic E-state index is 12.2. The number of benzene rings is 2. The molecular formula is C15H16ClNO2S. The molecule has 5 heteroatoms. The standard InChI is InChI=1S/C15H16ClNO2S/c1-11-7-12(2)9-14(8-11)17-20(18,19)10-13-5-3-4-6-15(13)16/h3-9,17H,10H2,1-2H3. The fourth-order valence-electron chi connectivity index (χ4n) is 2.07. The number of rotatable bonds is 4. The molecule has 106 valence electrons. The Morgan fingerprint density at radius 3 is 2.25 bits per heavy atom. The van der Waals surface area contributed by atoms with Gasteiger partial charge in [0.05, 0.1) is 5.75 Å². The molecule has 0 heterocycles. The zero-order valence-corrected chi connectivity index (χ0v) is 12.9. The van der Waals surface area contributed by atoms with Gasteiger partial charge in [-0.15, -0.1) is 0 Å². The first kappa shape index (κ1) is 14.9. The fraction of sp³-hybridized carbons (Fsp3) is 0.200. The molecule has 20 heavy (non-hydrogen) atoms. The van der Waals surface area contributed by atoms with Crippen molar-refractivity contribution >= 4 is 27.3 Å². The van der Waals surface area contributed by atoms with Crippen LogP contribution < -0.4 is 4.72 Å². The van der Waals surface area contributed by atoms with E-state index in [1.54, 1.807) is 36.4 Å². The minimum Gasteiger partial charge on any atom is -0.283 e. The number of hydrogen-bond acceptors (Lipinski definition) is 2. The van der Waals surface area contributed by atoms with Crippen molar-refractivity contribution in [3.8, 4) is 0 Å². The van der Waals surface area contributed by atoms with Crippen LogP contribution in [0.4, 0.5) is 5.69 Å². The van der Waals surface area contributed by atoms with Crippen LogP contribution in [0.2, 0.25) is 5.02 Å². The summed E-state index contributed by atoms with van der Waals surface area (Å²) in [6.07, 6.45) is 0. The lowest BCUT2D eigenvalue weighted by atomic mass is 10.1. The molecule has 0 bridgehead atoms. The lowest BCUT2D eigenvalue weighted by molar-refractivity contribution is 0.600. The van der Waals surface area contributed by atoms with Crippen LogP contribution in [0.25, 0.3) is 0 Å². The minimum absolute atomic E-state index is 0.139. The van der Waals surface area contributed by atoms with Crippen molar-refractivity contribution in [2.24, 2.45) is 0 Å². The molecule has 0 aliphatic carbocycles. The van der Waals surface area contributed by atoms with Crippen LogP contribution in [0.5, 0.6) is 0 Å². The molecule has 0 aliphatic rings. The van der Waals surface area contributed by atoms with Gasteiger partial charge in [0.15, 0.2) is 0 Å². The molecule has 1 N–H and O–H groups in total. The lowest BCUT2D eigenvalue weighted by Gasteiger charge is -2.10. The number of anilines is 1. The summed E-state index contributed by atoms with van der Waals surface area (Å²) in [7, 11) is -3.48. The van der Waals surface area contributed by atoms with Crippen molar-refractivity contribution in [2.75, 3.05) is 4.72 Å². The molecule has 0 amide bonds. The fourth-order valence-corrected chi connectivity index (χ4v) is 3.56. The van der Waals surface area contributed by atoms with Gasteiger partial charge in [-0.2, -0.15) is 0 Å². The molecule has 2 aromatic carbocycles. The second-order valence-electron chi connectivity index (χ2n) is 4.83. The molecule has 2 rings (SSSR count). The zero-order chi connectivity index (χ0) is 14.8. The van der Waals surface area contributed by atoms with E-state index in [2.05, 4.69) is 4.72 Å². The van der Waals surface area contributed by atoms with Gasteiger partial charge >= 0.3 is 0 Å². The summed E-state index contributed by atoms with van der Waals surface area (Å²) in [5, 5.41) is 0.457. The van der Waals surface area contributed by atoms with E-state index < -0.39 is 10.0 Å². The van der Waals surface area contributed by atoms with Crippen molar-refractivity contribution in [3.63, 3.8) is 0 Å². The van der Waals surface area contributed by atoms with Crippen molar-refractivity contribution in [1.82, 2.24) is 0 Å². The Balaban J connectivity index is 2.21. The quantitative estimate of drug-likeness (QED) is 0.931.